The quantitative estimate of drug-likeness (QED) is 0.595. The van der Waals surface area contributed by atoms with Crippen molar-refractivity contribution in [1.29, 1.82) is 0 Å². The summed E-state index contributed by atoms with van der Waals surface area (Å²) in [4.78, 5) is 0. The smallest absolute Gasteiger partial charge is 0.00669 e. The highest BCUT2D eigenvalue weighted by Gasteiger charge is 2.20. The third kappa shape index (κ3) is 5.55. The Hall–Kier alpha value is -0.0400. The molecule has 90 valence electrons. The van der Waals surface area contributed by atoms with E-state index in [0.29, 0.717) is 0 Å². The second-order valence-electron chi connectivity index (χ2n) is 5.20. The van der Waals surface area contributed by atoms with Crippen molar-refractivity contribution in [3.8, 4) is 0 Å². The molecule has 1 N–H and O–H groups in total. The molecule has 1 rings (SSSR count). The lowest BCUT2D eigenvalue weighted by molar-refractivity contribution is 0.377. The van der Waals surface area contributed by atoms with Gasteiger partial charge in [-0.25, -0.2) is 0 Å². The molecule has 0 aromatic heterocycles. The number of hydrogen-bond donors (Lipinski definition) is 1. The first kappa shape index (κ1) is 13.0. The largest absolute Gasteiger partial charge is 0.314 e. The standard InChI is InChI=1S/C14H29N/c1-3-4-5-6-9-12-15-13(2)14-10-7-8-11-14/h13-15H,3-12H2,1-2H3/t13-/m1/s1. The Bertz CT molecular complexity index is 138. The van der Waals surface area contributed by atoms with Crippen LogP contribution in [-0.4, -0.2) is 12.6 Å². The molecule has 1 heteroatoms. The summed E-state index contributed by atoms with van der Waals surface area (Å²) < 4.78 is 0. The number of rotatable bonds is 8. The Morgan fingerprint density at radius 1 is 1.07 bits per heavy atom. The zero-order chi connectivity index (χ0) is 10.9. The van der Waals surface area contributed by atoms with Gasteiger partial charge in [-0.15, -0.1) is 0 Å². The zero-order valence-corrected chi connectivity index (χ0v) is 10.7. The van der Waals surface area contributed by atoms with Gasteiger partial charge in [-0.2, -0.15) is 0 Å². The van der Waals surface area contributed by atoms with Crippen LogP contribution in [0, 0.1) is 5.92 Å². The minimum atomic E-state index is 0.763. The van der Waals surface area contributed by atoms with Crippen LogP contribution in [0.5, 0.6) is 0 Å². The topological polar surface area (TPSA) is 12.0 Å². The second kappa shape index (κ2) is 8.15. The summed E-state index contributed by atoms with van der Waals surface area (Å²) in [6, 6.07) is 0.763. The van der Waals surface area contributed by atoms with Crippen molar-refractivity contribution < 1.29 is 0 Å². The molecule has 0 bridgehead atoms. The van der Waals surface area contributed by atoms with Crippen LogP contribution in [0.25, 0.3) is 0 Å². The highest BCUT2D eigenvalue weighted by atomic mass is 14.9. The van der Waals surface area contributed by atoms with Crippen molar-refractivity contribution in [1.82, 2.24) is 5.32 Å². The first-order chi connectivity index (χ1) is 7.34. The van der Waals surface area contributed by atoms with Gasteiger partial charge in [0.05, 0.1) is 0 Å². The van der Waals surface area contributed by atoms with Crippen LogP contribution in [0.15, 0.2) is 0 Å². The van der Waals surface area contributed by atoms with E-state index in [1.54, 1.807) is 0 Å². The monoisotopic (exact) mass is 211 g/mol. The van der Waals surface area contributed by atoms with Gasteiger partial charge in [0.15, 0.2) is 0 Å². The maximum atomic E-state index is 3.70. The lowest BCUT2D eigenvalue weighted by Crippen LogP contribution is -2.32. The Morgan fingerprint density at radius 2 is 1.73 bits per heavy atom. The van der Waals surface area contributed by atoms with Gasteiger partial charge in [-0.1, -0.05) is 45.4 Å². The van der Waals surface area contributed by atoms with Crippen molar-refractivity contribution in [2.24, 2.45) is 5.92 Å². The van der Waals surface area contributed by atoms with Gasteiger partial charge in [0, 0.05) is 6.04 Å². The van der Waals surface area contributed by atoms with Crippen molar-refractivity contribution in [3.63, 3.8) is 0 Å². The SMILES string of the molecule is CCCCCCCN[C@H](C)C1CCCC1. The summed E-state index contributed by atoms with van der Waals surface area (Å²) in [6.45, 7) is 5.89. The maximum absolute atomic E-state index is 3.70. The summed E-state index contributed by atoms with van der Waals surface area (Å²) >= 11 is 0. The zero-order valence-electron chi connectivity index (χ0n) is 10.7. The minimum absolute atomic E-state index is 0.763. The molecule has 0 aromatic carbocycles. The Labute approximate surface area is 96.0 Å². The third-order valence-electron chi connectivity index (χ3n) is 3.85. The summed E-state index contributed by atoms with van der Waals surface area (Å²) in [5.41, 5.74) is 0. The van der Waals surface area contributed by atoms with Gasteiger partial charge in [-0.05, 0) is 38.6 Å². The van der Waals surface area contributed by atoms with Crippen molar-refractivity contribution >= 4 is 0 Å². The maximum Gasteiger partial charge on any atom is 0.00669 e. The number of unbranched alkanes of at least 4 members (excludes halogenated alkanes) is 4. The molecule has 1 fully saturated rings. The molecule has 1 atom stereocenters. The number of nitrogens with one attached hydrogen (secondary N) is 1. The van der Waals surface area contributed by atoms with E-state index in [1.807, 2.05) is 0 Å². The highest BCUT2D eigenvalue weighted by molar-refractivity contribution is 4.76. The van der Waals surface area contributed by atoms with E-state index in [9.17, 15) is 0 Å². The fraction of sp³-hybridized carbons (Fsp3) is 1.00. The molecule has 0 aromatic rings. The normalized spacial score (nSPS) is 19.6. The van der Waals surface area contributed by atoms with Crippen LogP contribution >= 0.6 is 0 Å². The molecule has 0 unspecified atom stereocenters. The fourth-order valence-corrected chi connectivity index (χ4v) is 2.68. The van der Waals surface area contributed by atoms with Gasteiger partial charge in [0.1, 0.15) is 0 Å². The number of hydrogen-bond acceptors (Lipinski definition) is 1. The molecule has 1 aliphatic carbocycles. The first-order valence-electron chi connectivity index (χ1n) is 7.08. The average Bonchev–Trinajstić information content (AvgIpc) is 2.76. The predicted octanol–water partition coefficient (Wildman–Crippen LogP) is 4.13. The molecule has 0 aliphatic heterocycles. The Kier molecular flexibility index (Phi) is 7.08. The molecule has 0 radical (unpaired) electrons. The van der Waals surface area contributed by atoms with E-state index in [-0.39, 0.29) is 0 Å². The fourth-order valence-electron chi connectivity index (χ4n) is 2.68. The average molecular weight is 211 g/mol. The van der Waals surface area contributed by atoms with Crippen LogP contribution in [0.4, 0.5) is 0 Å². The van der Waals surface area contributed by atoms with E-state index < -0.39 is 0 Å². The summed E-state index contributed by atoms with van der Waals surface area (Å²) in [5, 5.41) is 3.70. The summed E-state index contributed by atoms with van der Waals surface area (Å²) in [7, 11) is 0. The molecular formula is C14H29N. The van der Waals surface area contributed by atoms with Gasteiger partial charge < -0.3 is 5.32 Å². The van der Waals surface area contributed by atoms with E-state index in [1.165, 1.54) is 64.3 Å². The molecule has 0 saturated heterocycles. The van der Waals surface area contributed by atoms with Crippen molar-refractivity contribution in [3.05, 3.63) is 0 Å². The third-order valence-corrected chi connectivity index (χ3v) is 3.85. The van der Waals surface area contributed by atoms with Gasteiger partial charge in [-0.3, -0.25) is 0 Å². The van der Waals surface area contributed by atoms with Crippen LogP contribution in [0.2, 0.25) is 0 Å². The van der Waals surface area contributed by atoms with Gasteiger partial charge in [0.25, 0.3) is 0 Å². The molecule has 15 heavy (non-hydrogen) atoms. The van der Waals surface area contributed by atoms with E-state index in [2.05, 4.69) is 19.2 Å². The molecule has 0 amide bonds. The Morgan fingerprint density at radius 3 is 2.40 bits per heavy atom. The minimum Gasteiger partial charge on any atom is -0.314 e. The predicted molar refractivity (Wildman–Crippen MR) is 68.2 cm³/mol. The summed E-state index contributed by atoms with van der Waals surface area (Å²) in [6.07, 6.45) is 12.8. The van der Waals surface area contributed by atoms with Gasteiger partial charge >= 0.3 is 0 Å². The highest BCUT2D eigenvalue weighted by Crippen LogP contribution is 2.27. The Balaban J connectivity index is 1.90. The van der Waals surface area contributed by atoms with Crippen LogP contribution in [-0.2, 0) is 0 Å². The van der Waals surface area contributed by atoms with Crippen LogP contribution < -0.4 is 5.32 Å². The summed E-state index contributed by atoms with van der Waals surface area (Å²) in [5.74, 6) is 0.973. The molecular weight excluding hydrogens is 182 g/mol. The van der Waals surface area contributed by atoms with E-state index in [0.717, 1.165) is 12.0 Å². The molecule has 1 aliphatic rings. The second-order valence-corrected chi connectivity index (χ2v) is 5.20. The van der Waals surface area contributed by atoms with Gasteiger partial charge in [0.2, 0.25) is 0 Å². The molecule has 1 nitrogen and oxygen atoms in total. The molecule has 0 heterocycles. The lowest BCUT2D eigenvalue weighted by Gasteiger charge is -2.20. The molecule has 0 spiro atoms. The van der Waals surface area contributed by atoms with Crippen molar-refractivity contribution in [2.45, 2.75) is 77.7 Å². The van der Waals surface area contributed by atoms with E-state index >= 15 is 0 Å². The first-order valence-corrected chi connectivity index (χ1v) is 7.08. The molecule has 1 saturated carbocycles. The van der Waals surface area contributed by atoms with Crippen LogP contribution in [0.3, 0.4) is 0 Å². The van der Waals surface area contributed by atoms with Crippen molar-refractivity contribution in [2.75, 3.05) is 6.54 Å². The lowest BCUT2D eigenvalue weighted by atomic mass is 10.00. The van der Waals surface area contributed by atoms with Crippen LogP contribution in [0.1, 0.15) is 71.6 Å². The van der Waals surface area contributed by atoms with E-state index in [4.69, 9.17) is 0 Å².